The van der Waals surface area contributed by atoms with Crippen molar-refractivity contribution in [1.82, 2.24) is 0 Å². The maximum absolute atomic E-state index is 10.4. The highest BCUT2D eigenvalue weighted by Gasteiger charge is 2.00. The summed E-state index contributed by atoms with van der Waals surface area (Å²) in [5, 5.41) is 0. The molecule has 0 radical (unpaired) electrons. The highest BCUT2D eigenvalue weighted by Crippen LogP contribution is 2.01. The lowest BCUT2D eigenvalue weighted by Gasteiger charge is -1.84. The number of hydrogen-bond donors (Lipinski definition) is 0. The summed E-state index contributed by atoms with van der Waals surface area (Å²) in [6.45, 7) is 2.16. The number of hydrogen-bond acceptors (Lipinski definition) is 1. The van der Waals surface area contributed by atoms with Crippen molar-refractivity contribution in [3.8, 4) is 0 Å². The van der Waals surface area contributed by atoms with Crippen LogP contribution in [0.4, 0.5) is 0 Å². The predicted octanol–water partition coefficient (Wildman–Crippen LogP) is 2.13. The lowest BCUT2D eigenvalue weighted by atomic mass is 10.2. The Balaban J connectivity index is 2.14. The molecule has 0 bridgehead atoms. The van der Waals surface area contributed by atoms with Crippen LogP contribution >= 0.6 is 0 Å². The third kappa shape index (κ3) is 2.18. The van der Waals surface area contributed by atoms with E-state index in [-0.39, 0.29) is 5.43 Å². The van der Waals surface area contributed by atoms with E-state index < -0.39 is 0 Å². The Morgan fingerprint density at radius 2 is 2.30 bits per heavy atom. The molecule has 1 heteroatoms. The molecule has 10 heavy (non-hydrogen) atoms. The minimum atomic E-state index is 0.202. The Hall–Kier alpha value is -0.850. The van der Waals surface area contributed by atoms with Gasteiger partial charge in [0.2, 0.25) is 0 Å². The number of rotatable bonds is 4. The van der Waals surface area contributed by atoms with Gasteiger partial charge in [0.05, 0.1) is 0 Å². The van der Waals surface area contributed by atoms with Crippen molar-refractivity contribution >= 4 is 6.08 Å². The van der Waals surface area contributed by atoms with Crippen LogP contribution in [-0.4, -0.2) is 0 Å². The maximum Gasteiger partial charge on any atom is 0.186 e. The topological polar surface area (TPSA) is 17.1 Å². The van der Waals surface area contributed by atoms with Crippen LogP contribution in [0.15, 0.2) is 16.9 Å². The Morgan fingerprint density at radius 1 is 1.60 bits per heavy atom. The average molecular weight is 136 g/mol. The third-order valence-corrected chi connectivity index (χ3v) is 1.51. The lowest BCUT2D eigenvalue weighted by molar-refractivity contribution is 0.816. The van der Waals surface area contributed by atoms with Crippen molar-refractivity contribution in [1.29, 1.82) is 0 Å². The summed E-state index contributed by atoms with van der Waals surface area (Å²) >= 11 is 0. The molecule has 0 unspecified atom stereocenters. The van der Waals surface area contributed by atoms with Gasteiger partial charge < -0.3 is 0 Å². The van der Waals surface area contributed by atoms with Gasteiger partial charge in [-0.3, -0.25) is 4.79 Å². The van der Waals surface area contributed by atoms with Gasteiger partial charge in [0.15, 0.2) is 5.43 Å². The van der Waals surface area contributed by atoms with Crippen molar-refractivity contribution in [3.63, 3.8) is 0 Å². The monoisotopic (exact) mass is 136 g/mol. The summed E-state index contributed by atoms with van der Waals surface area (Å²) in [7, 11) is 0. The van der Waals surface area contributed by atoms with Gasteiger partial charge in [-0.25, -0.2) is 0 Å². The van der Waals surface area contributed by atoms with E-state index in [9.17, 15) is 4.79 Å². The molecule has 0 aliphatic heterocycles. The largest absolute Gasteiger partial charge is 0.289 e. The van der Waals surface area contributed by atoms with Crippen molar-refractivity contribution in [2.24, 2.45) is 0 Å². The van der Waals surface area contributed by atoms with Crippen LogP contribution < -0.4 is 5.43 Å². The number of allylic oxidation sites excluding steroid dienone is 1. The van der Waals surface area contributed by atoms with E-state index in [1.807, 2.05) is 6.08 Å². The van der Waals surface area contributed by atoms with Crippen LogP contribution in [0.5, 0.6) is 0 Å². The SMILES string of the molecule is CCCC/C=C\c1cc1=O. The van der Waals surface area contributed by atoms with Crippen molar-refractivity contribution in [2.75, 3.05) is 0 Å². The Labute approximate surface area is 61.1 Å². The first-order chi connectivity index (χ1) is 4.84. The van der Waals surface area contributed by atoms with Gasteiger partial charge in [-0.1, -0.05) is 31.9 Å². The van der Waals surface area contributed by atoms with Crippen LogP contribution in [0.1, 0.15) is 31.7 Å². The maximum atomic E-state index is 10.4. The van der Waals surface area contributed by atoms with E-state index in [0.717, 1.165) is 12.0 Å². The Kier molecular flexibility index (Phi) is 2.43. The van der Waals surface area contributed by atoms with E-state index in [4.69, 9.17) is 0 Å². The highest BCUT2D eigenvalue weighted by atomic mass is 16.1. The van der Waals surface area contributed by atoms with Gasteiger partial charge in [-0.05, 0) is 12.5 Å². The van der Waals surface area contributed by atoms with E-state index >= 15 is 0 Å². The first-order valence-electron chi connectivity index (χ1n) is 3.77. The van der Waals surface area contributed by atoms with E-state index in [2.05, 4.69) is 13.0 Å². The molecule has 0 aromatic heterocycles. The molecule has 0 saturated carbocycles. The fourth-order valence-electron chi connectivity index (χ4n) is 0.768. The molecule has 0 heterocycles. The molecular formula is C9H12O. The second-order valence-electron chi connectivity index (χ2n) is 2.51. The zero-order chi connectivity index (χ0) is 7.40. The van der Waals surface area contributed by atoms with Crippen LogP contribution in [0.25, 0.3) is 6.08 Å². The van der Waals surface area contributed by atoms with E-state index in [1.54, 1.807) is 6.07 Å². The molecule has 0 aliphatic carbocycles. The van der Waals surface area contributed by atoms with Crippen molar-refractivity contribution < 1.29 is 0 Å². The second kappa shape index (κ2) is 3.35. The van der Waals surface area contributed by atoms with Gasteiger partial charge in [0.25, 0.3) is 0 Å². The summed E-state index contributed by atoms with van der Waals surface area (Å²) in [4.78, 5) is 10.4. The summed E-state index contributed by atoms with van der Waals surface area (Å²) in [5.74, 6) is 0. The van der Waals surface area contributed by atoms with Crippen LogP contribution in [0, 0.1) is 0 Å². The Bertz CT molecular complexity index is 226. The zero-order valence-electron chi connectivity index (χ0n) is 6.26. The quantitative estimate of drug-likeness (QED) is 0.579. The van der Waals surface area contributed by atoms with Crippen molar-refractivity contribution in [2.45, 2.75) is 26.2 Å². The molecule has 54 valence electrons. The second-order valence-corrected chi connectivity index (χ2v) is 2.51. The molecule has 0 fully saturated rings. The third-order valence-electron chi connectivity index (χ3n) is 1.51. The van der Waals surface area contributed by atoms with E-state index in [0.29, 0.717) is 0 Å². The summed E-state index contributed by atoms with van der Waals surface area (Å²) in [5.41, 5.74) is 1.09. The zero-order valence-corrected chi connectivity index (χ0v) is 6.26. The minimum absolute atomic E-state index is 0.202. The Morgan fingerprint density at radius 3 is 2.80 bits per heavy atom. The summed E-state index contributed by atoms with van der Waals surface area (Å²) in [6.07, 6.45) is 7.52. The molecule has 0 aliphatic rings. The molecule has 0 spiro atoms. The standard InChI is InChI=1S/C9H12O/c1-2-3-4-5-6-8-7-9(8)10/h5-7H,2-4H2,1H3/b6-5-. The number of unbranched alkanes of at least 4 members (excludes halogenated alkanes) is 2. The molecule has 0 amide bonds. The first-order valence-corrected chi connectivity index (χ1v) is 3.77. The fourth-order valence-corrected chi connectivity index (χ4v) is 0.768. The minimum Gasteiger partial charge on any atom is -0.289 e. The van der Waals surface area contributed by atoms with Crippen molar-refractivity contribution in [3.05, 3.63) is 27.9 Å². The normalized spacial score (nSPS) is 11.7. The molecule has 1 nitrogen and oxygen atoms in total. The van der Waals surface area contributed by atoms with Gasteiger partial charge in [0.1, 0.15) is 0 Å². The average Bonchev–Trinajstić information content (AvgIpc) is 2.60. The van der Waals surface area contributed by atoms with Gasteiger partial charge in [-0.2, -0.15) is 0 Å². The van der Waals surface area contributed by atoms with Crippen LogP contribution in [0.3, 0.4) is 0 Å². The first kappa shape index (κ1) is 7.26. The molecule has 1 rings (SSSR count). The highest BCUT2D eigenvalue weighted by molar-refractivity contribution is 5.55. The fraction of sp³-hybridized carbons (Fsp3) is 0.444. The molecule has 1 aromatic rings. The van der Waals surface area contributed by atoms with Crippen LogP contribution in [-0.2, 0) is 0 Å². The van der Waals surface area contributed by atoms with Gasteiger partial charge in [-0.15, -0.1) is 0 Å². The predicted molar refractivity (Wildman–Crippen MR) is 43.6 cm³/mol. The van der Waals surface area contributed by atoms with Gasteiger partial charge in [0, 0.05) is 5.56 Å². The molecule has 0 atom stereocenters. The van der Waals surface area contributed by atoms with E-state index in [1.165, 1.54) is 12.8 Å². The smallest absolute Gasteiger partial charge is 0.186 e. The summed E-state index contributed by atoms with van der Waals surface area (Å²) in [6, 6.07) is 1.66. The van der Waals surface area contributed by atoms with Crippen LogP contribution in [0.2, 0.25) is 0 Å². The van der Waals surface area contributed by atoms with Gasteiger partial charge >= 0.3 is 0 Å². The molecule has 1 aromatic carbocycles. The summed E-state index contributed by atoms with van der Waals surface area (Å²) < 4.78 is 0. The molecule has 0 N–H and O–H groups in total. The molecule has 0 saturated heterocycles. The lowest BCUT2D eigenvalue weighted by Crippen LogP contribution is -1.71. The molecular weight excluding hydrogens is 124 g/mol.